The smallest absolute Gasteiger partial charge is 0.247 e. The minimum absolute atomic E-state index is 0.0775. The number of hydrogen-bond acceptors (Lipinski definition) is 6. The third kappa shape index (κ3) is 7.17. The van der Waals surface area contributed by atoms with Gasteiger partial charge in [-0.25, -0.2) is 8.42 Å². The van der Waals surface area contributed by atoms with Crippen molar-refractivity contribution in [2.75, 3.05) is 27.0 Å². The molecule has 9 nitrogen and oxygen atoms in total. The summed E-state index contributed by atoms with van der Waals surface area (Å²) in [5.41, 5.74) is 1.34. The van der Waals surface area contributed by atoms with Crippen LogP contribution in [0.3, 0.4) is 0 Å². The Morgan fingerprint density at radius 3 is 2.29 bits per heavy atom. The molecule has 1 atom stereocenters. The summed E-state index contributed by atoms with van der Waals surface area (Å²) < 4.78 is 35.4. The van der Waals surface area contributed by atoms with Crippen LogP contribution in [-0.2, 0) is 32.7 Å². The predicted molar refractivity (Wildman–Crippen MR) is 131 cm³/mol. The molecule has 35 heavy (non-hydrogen) atoms. The summed E-state index contributed by atoms with van der Waals surface area (Å²) in [6.07, 6.45) is 2.54. The molecular weight excluding hydrogens is 470 g/mol. The predicted octanol–water partition coefficient (Wildman–Crippen LogP) is 2.57. The fourth-order valence-electron chi connectivity index (χ4n) is 3.44. The summed E-state index contributed by atoms with van der Waals surface area (Å²) in [6.45, 7) is -0.194. The summed E-state index contributed by atoms with van der Waals surface area (Å²) in [4.78, 5) is 28.3. The maximum atomic E-state index is 13.5. The molecule has 0 saturated carbocycles. The van der Waals surface area contributed by atoms with Gasteiger partial charge in [0.05, 0.1) is 32.7 Å². The van der Waals surface area contributed by atoms with Gasteiger partial charge in [-0.1, -0.05) is 42.5 Å². The van der Waals surface area contributed by atoms with Crippen LogP contribution in [0, 0.1) is 0 Å². The SMILES string of the molecule is COc1ccc(CN(C(=O)CN(C)S(C)(=O)=O)C(C(=O)NCc2ccco2)c2ccccc2)cc1. The van der Waals surface area contributed by atoms with Crippen LogP contribution < -0.4 is 10.1 Å². The molecule has 0 bridgehead atoms. The molecule has 0 aliphatic carbocycles. The van der Waals surface area contributed by atoms with Crippen molar-refractivity contribution < 1.29 is 27.2 Å². The van der Waals surface area contributed by atoms with Crippen molar-refractivity contribution >= 4 is 21.8 Å². The highest BCUT2D eigenvalue weighted by Crippen LogP contribution is 2.25. The van der Waals surface area contributed by atoms with Crippen molar-refractivity contribution in [2.24, 2.45) is 0 Å². The molecular formula is C25H29N3O6S. The fraction of sp³-hybridized carbons (Fsp3) is 0.280. The second-order valence-corrected chi connectivity index (χ2v) is 10.1. The quantitative estimate of drug-likeness (QED) is 0.434. The molecule has 0 spiro atoms. The lowest BCUT2D eigenvalue weighted by Crippen LogP contribution is -2.47. The largest absolute Gasteiger partial charge is 0.497 e. The van der Waals surface area contributed by atoms with Gasteiger partial charge < -0.3 is 19.4 Å². The molecule has 1 N–H and O–H groups in total. The van der Waals surface area contributed by atoms with E-state index < -0.39 is 34.4 Å². The average molecular weight is 500 g/mol. The zero-order chi connectivity index (χ0) is 25.4. The molecule has 10 heteroatoms. The van der Waals surface area contributed by atoms with Crippen LogP contribution in [0.25, 0.3) is 0 Å². The fourth-order valence-corrected chi connectivity index (χ4v) is 3.79. The van der Waals surface area contributed by atoms with E-state index in [1.54, 1.807) is 67.8 Å². The molecule has 1 heterocycles. The Balaban J connectivity index is 1.97. The Morgan fingerprint density at radius 1 is 1.03 bits per heavy atom. The minimum atomic E-state index is -3.61. The van der Waals surface area contributed by atoms with E-state index in [0.717, 1.165) is 16.1 Å². The second kappa shape index (κ2) is 11.7. The van der Waals surface area contributed by atoms with E-state index in [1.165, 1.54) is 18.2 Å². The third-order valence-electron chi connectivity index (χ3n) is 5.45. The van der Waals surface area contributed by atoms with Crippen molar-refractivity contribution in [2.45, 2.75) is 19.1 Å². The van der Waals surface area contributed by atoms with Crippen molar-refractivity contribution in [1.82, 2.24) is 14.5 Å². The lowest BCUT2D eigenvalue weighted by Gasteiger charge is -2.32. The summed E-state index contributed by atoms with van der Waals surface area (Å²) in [7, 11) is -0.724. The number of carbonyl (C=O) groups is 2. The zero-order valence-corrected chi connectivity index (χ0v) is 20.7. The number of carbonyl (C=O) groups excluding carboxylic acids is 2. The number of nitrogens with zero attached hydrogens (tertiary/aromatic N) is 2. The first-order valence-electron chi connectivity index (χ1n) is 10.9. The van der Waals surface area contributed by atoms with E-state index in [0.29, 0.717) is 17.1 Å². The van der Waals surface area contributed by atoms with E-state index in [4.69, 9.17) is 9.15 Å². The maximum absolute atomic E-state index is 13.5. The third-order valence-corrected chi connectivity index (χ3v) is 6.71. The molecule has 0 fully saturated rings. The number of nitrogens with one attached hydrogen (secondary N) is 1. The molecule has 3 rings (SSSR count). The number of benzene rings is 2. The van der Waals surface area contributed by atoms with E-state index in [-0.39, 0.29) is 13.1 Å². The molecule has 2 amide bonds. The van der Waals surface area contributed by atoms with Crippen LogP contribution in [0.4, 0.5) is 0 Å². The van der Waals surface area contributed by atoms with Crippen molar-refractivity contribution in [3.05, 3.63) is 89.9 Å². The summed E-state index contributed by atoms with van der Waals surface area (Å²) in [5, 5.41) is 2.83. The molecule has 0 aliphatic heterocycles. The van der Waals surface area contributed by atoms with Crippen LogP contribution in [0.1, 0.15) is 22.9 Å². The topological polar surface area (TPSA) is 109 Å². The molecule has 0 aliphatic rings. The van der Waals surface area contributed by atoms with Crippen LogP contribution in [0.15, 0.2) is 77.4 Å². The number of furan rings is 1. The van der Waals surface area contributed by atoms with Gasteiger partial charge in [0.15, 0.2) is 0 Å². The van der Waals surface area contributed by atoms with Gasteiger partial charge in [0.1, 0.15) is 17.6 Å². The average Bonchev–Trinajstić information content (AvgIpc) is 3.36. The molecule has 3 aromatic rings. The van der Waals surface area contributed by atoms with Crippen LogP contribution in [0.2, 0.25) is 0 Å². The van der Waals surface area contributed by atoms with Gasteiger partial charge in [0, 0.05) is 13.6 Å². The van der Waals surface area contributed by atoms with E-state index in [9.17, 15) is 18.0 Å². The van der Waals surface area contributed by atoms with E-state index in [2.05, 4.69) is 5.32 Å². The monoisotopic (exact) mass is 499 g/mol. The molecule has 0 radical (unpaired) electrons. The number of likely N-dealkylation sites (N-methyl/N-ethyl adjacent to an activating group) is 1. The molecule has 186 valence electrons. The highest BCUT2D eigenvalue weighted by Gasteiger charge is 2.33. The standard InChI is InChI=1S/C25H29N3O6S/c1-27(35(3,31)32)18-23(29)28(17-19-11-13-21(33-2)14-12-19)24(20-8-5-4-6-9-20)25(30)26-16-22-10-7-15-34-22/h4-15,24H,16-18H2,1-3H3,(H,26,30). The van der Waals surface area contributed by atoms with Crippen LogP contribution in [-0.4, -0.2) is 56.4 Å². The molecule has 1 aromatic heterocycles. The van der Waals surface area contributed by atoms with E-state index in [1.807, 2.05) is 6.07 Å². The van der Waals surface area contributed by atoms with Crippen LogP contribution in [0.5, 0.6) is 5.75 Å². The second-order valence-electron chi connectivity index (χ2n) is 8.00. The zero-order valence-electron chi connectivity index (χ0n) is 19.9. The first-order chi connectivity index (χ1) is 16.7. The summed E-state index contributed by atoms with van der Waals surface area (Å²) in [5.74, 6) is 0.279. The Bertz CT molecular complexity index is 1210. The lowest BCUT2D eigenvalue weighted by atomic mass is 10.0. The summed E-state index contributed by atoms with van der Waals surface area (Å²) >= 11 is 0. The normalized spacial score (nSPS) is 12.2. The Morgan fingerprint density at radius 2 is 1.71 bits per heavy atom. The van der Waals surface area contributed by atoms with Crippen molar-refractivity contribution in [3.8, 4) is 5.75 Å². The summed E-state index contributed by atoms with van der Waals surface area (Å²) in [6, 6.07) is 18.4. The molecule has 1 unspecified atom stereocenters. The van der Waals surface area contributed by atoms with Gasteiger partial charge in [-0.05, 0) is 35.4 Å². The van der Waals surface area contributed by atoms with Gasteiger partial charge in [-0.15, -0.1) is 0 Å². The highest BCUT2D eigenvalue weighted by atomic mass is 32.2. The van der Waals surface area contributed by atoms with Gasteiger partial charge in [-0.3, -0.25) is 9.59 Å². The first-order valence-corrected chi connectivity index (χ1v) is 12.7. The van der Waals surface area contributed by atoms with Gasteiger partial charge >= 0.3 is 0 Å². The van der Waals surface area contributed by atoms with Gasteiger partial charge in [0.2, 0.25) is 21.8 Å². The number of sulfonamides is 1. The molecule has 2 aromatic carbocycles. The number of rotatable bonds is 11. The first kappa shape index (κ1) is 26.0. The maximum Gasteiger partial charge on any atom is 0.247 e. The van der Waals surface area contributed by atoms with Crippen LogP contribution >= 0.6 is 0 Å². The highest BCUT2D eigenvalue weighted by molar-refractivity contribution is 7.88. The number of methoxy groups -OCH3 is 1. The number of ether oxygens (including phenoxy) is 1. The van der Waals surface area contributed by atoms with Crippen molar-refractivity contribution in [3.63, 3.8) is 0 Å². The molecule has 0 saturated heterocycles. The van der Waals surface area contributed by atoms with Gasteiger partial charge in [-0.2, -0.15) is 4.31 Å². The van der Waals surface area contributed by atoms with Gasteiger partial charge in [0.25, 0.3) is 0 Å². The minimum Gasteiger partial charge on any atom is -0.497 e. The Kier molecular flexibility index (Phi) is 8.67. The number of hydrogen-bond donors (Lipinski definition) is 1. The van der Waals surface area contributed by atoms with Crippen molar-refractivity contribution in [1.29, 1.82) is 0 Å². The number of amides is 2. The lowest BCUT2D eigenvalue weighted by molar-refractivity contribution is -0.141. The van der Waals surface area contributed by atoms with E-state index >= 15 is 0 Å². The Hall–Kier alpha value is -3.63. The Labute approximate surface area is 205 Å².